The molecule has 0 aliphatic rings. The van der Waals surface area contributed by atoms with Crippen molar-refractivity contribution in [2.24, 2.45) is 0 Å². The highest BCUT2D eigenvalue weighted by Crippen LogP contribution is 2.45. The van der Waals surface area contributed by atoms with E-state index in [0.29, 0.717) is 0 Å². The molecule has 186 valence electrons. The average molecular weight is 507 g/mol. The molecule has 8 aromatic carbocycles. The van der Waals surface area contributed by atoms with Crippen LogP contribution >= 0.6 is 0 Å². The van der Waals surface area contributed by atoms with Gasteiger partial charge in [-0.15, -0.1) is 0 Å². The van der Waals surface area contributed by atoms with E-state index >= 15 is 0 Å². The van der Waals surface area contributed by atoms with Gasteiger partial charge in [0.2, 0.25) is 0 Å². The highest BCUT2D eigenvalue weighted by atomic mass is 14.2. The van der Waals surface area contributed by atoms with Gasteiger partial charge < -0.3 is 0 Å². The number of hydrogen-bond donors (Lipinski definition) is 0. The molecule has 0 atom stereocenters. The van der Waals surface area contributed by atoms with Gasteiger partial charge in [-0.1, -0.05) is 146 Å². The summed E-state index contributed by atoms with van der Waals surface area (Å²) in [7, 11) is 0. The van der Waals surface area contributed by atoms with Crippen LogP contribution in [0, 0.1) is 0 Å². The Morgan fingerprint density at radius 1 is 0.225 bits per heavy atom. The first kappa shape index (κ1) is 22.8. The minimum Gasteiger partial charge on any atom is -0.0622 e. The predicted octanol–water partition coefficient (Wildman–Crippen LogP) is 11.3. The molecule has 0 heterocycles. The highest BCUT2D eigenvalue weighted by molar-refractivity contribution is 6.22. The molecule has 0 radical (unpaired) electrons. The average Bonchev–Trinajstić information content (AvgIpc) is 3.04. The quantitative estimate of drug-likeness (QED) is 0.165. The summed E-state index contributed by atoms with van der Waals surface area (Å²) in [6, 6.07) is 57.6. The van der Waals surface area contributed by atoms with Gasteiger partial charge >= 0.3 is 0 Å². The van der Waals surface area contributed by atoms with Gasteiger partial charge in [-0.3, -0.25) is 0 Å². The summed E-state index contributed by atoms with van der Waals surface area (Å²) in [5, 5.41) is 10.2. The first-order chi connectivity index (χ1) is 19.8. The van der Waals surface area contributed by atoms with Gasteiger partial charge in [0.1, 0.15) is 0 Å². The Morgan fingerprint density at radius 2 is 0.700 bits per heavy atom. The molecule has 0 saturated heterocycles. The van der Waals surface area contributed by atoms with E-state index in [1.165, 1.54) is 76.5 Å². The molecule has 0 saturated carbocycles. The van der Waals surface area contributed by atoms with Crippen molar-refractivity contribution in [1.29, 1.82) is 0 Å². The lowest BCUT2D eigenvalue weighted by Crippen LogP contribution is -1.92. The summed E-state index contributed by atoms with van der Waals surface area (Å²) in [5.74, 6) is 0. The van der Waals surface area contributed by atoms with E-state index in [4.69, 9.17) is 0 Å². The number of hydrogen-bond acceptors (Lipinski definition) is 0. The van der Waals surface area contributed by atoms with Crippen LogP contribution in [0.1, 0.15) is 0 Å². The fraction of sp³-hybridized carbons (Fsp3) is 0. The topological polar surface area (TPSA) is 0 Å². The molecule has 0 bridgehead atoms. The highest BCUT2D eigenvalue weighted by Gasteiger charge is 2.18. The zero-order valence-corrected chi connectivity index (χ0v) is 22.0. The van der Waals surface area contributed by atoms with E-state index in [0.717, 1.165) is 0 Å². The van der Waals surface area contributed by atoms with E-state index in [2.05, 4.69) is 158 Å². The zero-order valence-electron chi connectivity index (χ0n) is 22.0. The second-order valence-electron chi connectivity index (χ2n) is 10.5. The third kappa shape index (κ3) is 3.61. The van der Waals surface area contributed by atoms with Crippen LogP contribution in [-0.2, 0) is 0 Å². The Morgan fingerprint density at radius 3 is 1.43 bits per heavy atom. The summed E-state index contributed by atoms with van der Waals surface area (Å²) in [6.45, 7) is 0. The molecule has 8 aromatic rings. The van der Waals surface area contributed by atoms with E-state index in [-0.39, 0.29) is 0 Å². The van der Waals surface area contributed by atoms with Crippen molar-refractivity contribution >= 4 is 43.1 Å². The number of fused-ring (bicyclic) bond motifs is 5. The van der Waals surface area contributed by atoms with Crippen molar-refractivity contribution in [2.45, 2.75) is 0 Å². The molecule has 0 nitrogen and oxygen atoms in total. The van der Waals surface area contributed by atoms with Crippen molar-refractivity contribution < 1.29 is 0 Å². The third-order valence-corrected chi connectivity index (χ3v) is 8.23. The molecule has 0 amide bonds. The van der Waals surface area contributed by atoms with Crippen LogP contribution in [-0.4, -0.2) is 0 Å². The Bertz CT molecular complexity index is 2190. The van der Waals surface area contributed by atoms with Crippen LogP contribution < -0.4 is 0 Å². The molecule has 0 spiro atoms. The Balaban J connectivity index is 1.53. The maximum atomic E-state index is 2.40. The monoisotopic (exact) mass is 506 g/mol. The van der Waals surface area contributed by atoms with Crippen molar-refractivity contribution in [3.8, 4) is 33.4 Å². The van der Waals surface area contributed by atoms with E-state index < -0.39 is 0 Å². The summed E-state index contributed by atoms with van der Waals surface area (Å²) in [5.41, 5.74) is 7.53. The Hall–Kier alpha value is -5.20. The molecule has 0 aliphatic heterocycles. The van der Waals surface area contributed by atoms with Crippen molar-refractivity contribution in [3.63, 3.8) is 0 Å². The Kier molecular flexibility index (Phi) is 5.24. The van der Waals surface area contributed by atoms with Crippen molar-refractivity contribution in [2.75, 3.05) is 0 Å². The summed E-state index contributed by atoms with van der Waals surface area (Å²) >= 11 is 0. The SMILES string of the molecule is c1ccc(-c2ccc3c(-c4ccccc4)c4ccccc4c(-c4ccc5ccc6ccccc6c5c4)c3c2)cc1. The molecule has 0 aromatic heterocycles. The maximum absolute atomic E-state index is 2.40. The number of rotatable bonds is 3. The van der Waals surface area contributed by atoms with Gasteiger partial charge in [0, 0.05) is 0 Å². The minimum atomic E-state index is 1.23. The van der Waals surface area contributed by atoms with Crippen LogP contribution in [0.4, 0.5) is 0 Å². The molecule has 0 fully saturated rings. The van der Waals surface area contributed by atoms with Crippen LogP contribution in [0.15, 0.2) is 158 Å². The van der Waals surface area contributed by atoms with Crippen molar-refractivity contribution in [3.05, 3.63) is 158 Å². The summed E-state index contributed by atoms with van der Waals surface area (Å²) in [6.07, 6.45) is 0. The predicted molar refractivity (Wildman–Crippen MR) is 173 cm³/mol. The van der Waals surface area contributed by atoms with Gasteiger partial charge in [0.25, 0.3) is 0 Å². The first-order valence-corrected chi connectivity index (χ1v) is 13.9. The zero-order chi connectivity index (χ0) is 26.5. The van der Waals surface area contributed by atoms with Gasteiger partial charge in [0.05, 0.1) is 0 Å². The van der Waals surface area contributed by atoms with Crippen LogP contribution in [0.2, 0.25) is 0 Å². The smallest absolute Gasteiger partial charge is 0.00259 e. The molecule has 40 heavy (non-hydrogen) atoms. The van der Waals surface area contributed by atoms with Crippen molar-refractivity contribution in [1.82, 2.24) is 0 Å². The second-order valence-corrected chi connectivity index (χ2v) is 10.5. The summed E-state index contributed by atoms with van der Waals surface area (Å²) in [4.78, 5) is 0. The second kappa shape index (κ2) is 9.22. The van der Waals surface area contributed by atoms with E-state index in [9.17, 15) is 0 Å². The largest absolute Gasteiger partial charge is 0.0622 e. The lowest BCUT2D eigenvalue weighted by atomic mass is 9.84. The standard InChI is InChI=1S/C40H26/c1-3-11-27(12-4-1)31-23-24-36-38(25-31)40(35-18-10-9-17-34(35)39(36)30-14-5-2-6-15-30)32-22-21-29-20-19-28-13-7-8-16-33(28)37(29)26-32/h1-26H. The lowest BCUT2D eigenvalue weighted by Gasteiger charge is -2.19. The Labute approximate surface area is 233 Å². The van der Waals surface area contributed by atoms with Crippen LogP contribution in [0.25, 0.3) is 76.5 Å². The first-order valence-electron chi connectivity index (χ1n) is 13.9. The van der Waals surface area contributed by atoms with Gasteiger partial charge in [-0.05, 0) is 88.6 Å². The summed E-state index contributed by atoms with van der Waals surface area (Å²) < 4.78 is 0. The maximum Gasteiger partial charge on any atom is -0.00259 e. The molecule has 0 heteroatoms. The fourth-order valence-electron chi connectivity index (χ4n) is 6.37. The normalized spacial score (nSPS) is 11.5. The van der Waals surface area contributed by atoms with Crippen LogP contribution in [0.3, 0.4) is 0 Å². The van der Waals surface area contributed by atoms with Gasteiger partial charge in [-0.2, -0.15) is 0 Å². The molecule has 0 unspecified atom stereocenters. The number of benzene rings is 8. The van der Waals surface area contributed by atoms with E-state index in [1.807, 2.05) is 0 Å². The molecular formula is C40H26. The minimum absolute atomic E-state index is 1.23. The lowest BCUT2D eigenvalue weighted by molar-refractivity contribution is 1.63. The van der Waals surface area contributed by atoms with Crippen LogP contribution in [0.5, 0.6) is 0 Å². The van der Waals surface area contributed by atoms with Gasteiger partial charge in [-0.25, -0.2) is 0 Å². The third-order valence-electron chi connectivity index (χ3n) is 8.23. The van der Waals surface area contributed by atoms with E-state index in [1.54, 1.807) is 0 Å². The fourth-order valence-corrected chi connectivity index (χ4v) is 6.37. The molecule has 0 N–H and O–H groups in total. The molecule has 0 aliphatic carbocycles. The molecular weight excluding hydrogens is 480 g/mol. The van der Waals surface area contributed by atoms with Gasteiger partial charge in [0.15, 0.2) is 0 Å². The molecule has 8 rings (SSSR count).